The van der Waals surface area contributed by atoms with Gasteiger partial charge in [-0.05, 0) is 38.6 Å². The molecule has 1 atom stereocenters. The molecule has 1 saturated heterocycles. The van der Waals surface area contributed by atoms with Gasteiger partial charge in [-0.15, -0.1) is 11.3 Å². The highest BCUT2D eigenvalue weighted by molar-refractivity contribution is 7.91. The molecule has 2 heterocycles. The molecule has 7 heteroatoms. The van der Waals surface area contributed by atoms with Gasteiger partial charge in [-0.1, -0.05) is 13.8 Å². The van der Waals surface area contributed by atoms with Crippen molar-refractivity contribution in [3.05, 3.63) is 16.5 Å². The third-order valence-electron chi connectivity index (χ3n) is 3.65. The average Bonchev–Trinajstić information content (AvgIpc) is 2.93. The molecule has 5 nitrogen and oxygen atoms in total. The first-order valence-corrected chi connectivity index (χ1v) is 9.61. The van der Waals surface area contributed by atoms with E-state index in [1.54, 1.807) is 6.07 Å². The fraction of sp³-hybridized carbons (Fsp3) is 0.714. The van der Waals surface area contributed by atoms with Gasteiger partial charge in [0, 0.05) is 30.1 Å². The summed E-state index contributed by atoms with van der Waals surface area (Å²) in [7, 11) is -1.38. The summed E-state index contributed by atoms with van der Waals surface area (Å²) >= 11 is 1.37. The lowest BCUT2D eigenvalue weighted by molar-refractivity contribution is 0.407. The van der Waals surface area contributed by atoms with Crippen LogP contribution in [0.1, 0.15) is 30.7 Å². The van der Waals surface area contributed by atoms with Crippen LogP contribution in [0.3, 0.4) is 0 Å². The predicted octanol–water partition coefficient (Wildman–Crippen LogP) is 1.54. The zero-order valence-electron chi connectivity index (χ0n) is 13.1. The van der Waals surface area contributed by atoms with Crippen molar-refractivity contribution in [2.75, 3.05) is 20.1 Å². The first kappa shape index (κ1) is 16.9. The van der Waals surface area contributed by atoms with E-state index in [1.807, 2.05) is 14.0 Å². The van der Waals surface area contributed by atoms with Crippen LogP contribution < -0.4 is 10.0 Å². The van der Waals surface area contributed by atoms with Crippen LogP contribution in [0.25, 0.3) is 0 Å². The van der Waals surface area contributed by atoms with Gasteiger partial charge in [0.05, 0.1) is 0 Å². The Bertz CT molecular complexity index is 581. The Morgan fingerprint density at radius 3 is 2.76 bits per heavy atom. The Morgan fingerprint density at radius 1 is 1.48 bits per heavy atom. The van der Waals surface area contributed by atoms with E-state index in [0.717, 1.165) is 36.5 Å². The predicted molar refractivity (Wildman–Crippen MR) is 87.3 cm³/mol. The molecule has 1 aromatic heterocycles. The van der Waals surface area contributed by atoms with Crippen molar-refractivity contribution in [2.45, 2.75) is 50.0 Å². The number of aryl methyl sites for hydroxylation is 1. The highest BCUT2D eigenvalue weighted by Gasteiger charge is 2.27. The molecular weight excluding hydrogens is 306 g/mol. The zero-order chi connectivity index (χ0) is 15.6. The number of nitrogens with one attached hydrogen (secondary N) is 2. The van der Waals surface area contributed by atoms with Gasteiger partial charge in [0.25, 0.3) is 0 Å². The van der Waals surface area contributed by atoms with Crippen LogP contribution >= 0.6 is 11.3 Å². The van der Waals surface area contributed by atoms with Crippen molar-refractivity contribution in [3.8, 4) is 0 Å². The molecular formula is C14H25N3O2S2. The fourth-order valence-electron chi connectivity index (χ4n) is 2.40. The Kier molecular flexibility index (Phi) is 5.43. The lowest BCUT2D eigenvalue weighted by Crippen LogP contribution is -2.36. The number of likely N-dealkylation sites (tertiary alicyclic amines) is 1. The molecule has 2 N–H and O–H groups in total. The molecule has 0 amide bonds. The van der Waals surface area contributed by atoms with E-state index >= 15 is 0 Å². The molecule has 1 aliphatic rings. The van der Waals surface area contributed by atoms with Crippen molar-refractivity contribution in [3.63, 3.8) is 0 Å². The first-order chi connectivity index (χ1) is 9.78. The molecule has 120 valence electrons. The summed E-state index contributed by atoms with van der Waals surface area (Å²) in [6.07, 6.45) is 0.877. The van der Waals surface area contributed by atoms with Gasteiger partial charge < -0.3 is 10.2 Å². The second-order valence-electron chi connectivity index (χ2n) is 6.08. The van der Waals surface area contributed by atoms with E-state index in [-0.39, 0.29) is 6.04 Å². The van der Waals surface area contributed by atoms with Gasteiger partial charge in [0.15, 0.2) is 0 Å². The highest BCUT2D eigenvalue weighted by Crippen LogP contribution is 2.26. The van der Waals surface area contributed by atoms with Gasteiger partial charge in [-0.25, -0.2) is 13.1 Å². The number of thiophene rings is 1. The van der Waals surface area contributed by atoms with Crippen LogP contribution in [-0.4, -0.2) is 45.5 Å². The molecule has 0 aromatic carbocycles. The molecule has 0 radical (unpaired) electrons. The smallest absolute Gasteiger partial charge is 0.250 e. The number of hydrogen-bond acceptors (Lipinski definition) is 5. The zero-order valence-corrected chi connectivity index (χ0v) is 14.8. The lowest BCUT2D eigenvalue weighted by Gasteiger charge is -2.12. The molecule has 0 saturated carbocycles. The quantitative estimate of drug-likeness (QED) is 0.830. The van der Waals surface area contributed by atoms with Crippen LogP contribution in [0.4, 0.5) is 0 Å². The SMILES string of the molecule is Cc1cc(S(=O)(=O)NC2CCN(C)C2)sc1CNC(C)C. The third-order valence-corrected chi connectivity index (χ3v) is 6.88. The summed E-state index contributed by atoms with van der Waals surface area (Å²) in [5, 5.41) is 3.33. The molecule has 1 fully saturated rings. The summed E-state index contributed by atoms with van der Waals surface area (Å²) in [6, 6.07) is 2.20. The van der Waals surface area contributed by atoms with Crippen LogP contribution in [-0.2, 0) is 16.6 Å². The standard InChI is InChI=1S/C14H25N3O2S2/c1-10(2)15-8-13-11(3)7-14(20-13)21(18,19)16-12-5-6-17(4)9-12/h7,10,12,15-16H,5-6,8-9H2,1-4H3. The van der Waals surface area contributed by atoms with Crippen LogP contribution in [0.5, 0.6) is 0 Å². The lowest BCUT2D eigenvalue weighted by atomic mass is 10.3. The molecule has 1 aliphatic heterocycles. The average molecular weight is 332 g/mol. The van der Waals surface area contributed by atoms with Gasteiger partial charge in [0.2, 0.25) is 10.0 Å². The van der Waals surface area contributed by atoms with E-state index < -0.39 is 10.0 Å². The largest absolute Gasteiger partial charge is 0.310 e. The Balaban J connectivity index is 2.07. The number of likely N-dealkylation sites (N-methyl/N-ethyl adjacent to an activating group) is 1. The Hall–Kier alpha value is -0.470. The maximum atomic E-state index is 12.5. The molecule has 21 heavy (non-hydrogen) atoms. The highest BCUT2D eigenvalue weighted by atomic mass is 32.2. The van der Waals surface area contributed by atoms with Crippen molar-refractivity contribution < 1.29 is 8.42 Å². The van der Waals surface area contributed by atoms with Crippen LogP contribution in [0, 0.1) is 6.92 Å². The third kappa shape index (κ3) is 4.50. The van der Waals surface area contributed by atoms with E-state index in [1.165, 1.54) is 11.3 Å². The maximum Gasteiger partial charge on any atom is 0.250 e. The fourth-order valence-corrected chi connectivity index (χ4v) is 5.22. The molecule has 1 aromatic rings. The minimum absolute atomic E-state index is 0.0274. The van der Waals surface area contributed by atoms with Gasteiger partial charge in [0.1, 0.15) is 4.21 Å². The number of rotatable bonds is 6. The van der Waals surface area contributed by atoms with E-state index in [4.69, 9.17) is 0 Å². The molecule has 2 rings (SSSR count). The summed E-state index contributed by atoms with van der Waals surface area (Å²) in [5.41, 5.74) is 1.04. The topological polar surface area (TPSA) is 61.4 Å². The van der Waals surface area contributed by atoms with E-state index in [0.29, 0.717) is 10.3 Å². The number of sulfonamides is 1. The van der Waals surface area contributed by atoms with Crippen molar-refractivity contribution >= 4 is 21.4 Å². The number of hydrogen-bond donors (Lipinski definition) is 2. The Labute approximate surface area is 131 Å². The molecule has 0 bridgehead atoms. The summed E-state index contributed by atoms with van der Waals surface area (Å²) < 4.78 is 28.2. The minimum atomic E-state index is -3.39. The molecule has 0 aliphatic carbocycles. The van der Waals surface area contributed by atoms with Gasteiger partial charge in [-0.3, -0.25) is 0 Å². The van der Waals surface area contributed by atoms with Crippen molar-refractivity contribution in [1.82, 2.24) is 14.9 Å². The Morgan fingerprint density at radius 2 is 2.19 bits per heavy atom. The van der Waals surface area contributed by atoms with Crippen molar-refractivity contribution in [1.29, 1.82) is 0 Å². The van der Waals surface area contributed by atoms with E-state index in [2.05, 4.69) is 28.8 Å². The second kappa shape index (κ2) is 6.75. The summed E-state index contributed by atoms with van der Waals surface area (Å²) in [6.45, 7) is 8.58. The van der Waals surface area contributed by atoms with Crippen molar-refractivity contribution in [2.24, 2.45) is 0 Å². The minimum Gasteiger partial charge on any atom is -0.310 e. The summed E-state index contributed by atoms with van der Waals surface area (Å²) in [5.74, 6) is 0. The summed E-state index contributed by atoms with van der Waals surface area (Å²) in [4.78, 5) is 3.23. The number of nitrogens with zero attached hydrogens (tertiary/aromatic N) is 1. The van der Waals surface area contributed by atoms with Gasteiger partial charge in [-0.2, -0.15) is 0 Å². The van der Waals surface area contributed by atoms with Crippen LogP contribution in [0.2, 0.25) is 0 Å². The molecule has 0 spiro atoms. The molecule has 1 unspecified atom stereocenters. The van der Waals surface area contributed by atoms with Crippen LogP contribution in [0.15, 0.2) is 10.3 Å². The normalized spacial score (nSPS) is 20.5. The van der Waals surface area contributed by atoms with Gasteiger partial charge >= 0.3 is 0 Å². The monoisotopic (exact) mass is 331 g/mol. The van der Waals surface area contributed by atoms with E-state index in [9.17, 15) is 8.42 Å². The first-order valence-electron chi connectivity index (χ1n) is 7.31. The maximum absolute atomic E-state index is 12.5. The second-order valence-corrected chi connectivity index (χ2v) is 9.15.